The van der Waals surface area contributed by atoms with Gasteiger partial charge in [0, 0.05) is 6.54 Å². The maximum absolute atomic E-state index is 14.1. The van der Waals surface area contributed by atoms with Gasteiger partial charge in [0.15, 0.2) is 0 Å². The van der Waals surface area contributed by atoms with Crippen molar-refractivity contribution >= 4 is 0 Å². The Morgan fingerprint density at radius 1 is 1.30 bits per heavy atom. The Bertz CT molecular complexity index is 623. The van der Waals surface area contributed by atoms with E-state index in [2.05, 4.69) is 5.10 Å². The summed E-state index contributed by atoms with van der Waals surface area (Å²) < 4.78 is 29.5. The molecule has 1 N–H and O–H groups in total. The van der Waals surface area contributed by atoms with Crippen LogP contribution in [0.5, 0.6) is 0 Å². The van der Waals surface area contributed by atoms with Gasteiger partial charge in [-0.1, -0.05) is 13.0 Å². The van der Waals surface area contributed by atoms with E-state index in [1.54, 1.807) is 17.7 Å². The Morgan fingerprint density at radius 2 is 2.00 bits per heavy atom. The van der Waals surface area contributed by atoms with Crippen molar-refractivity contribution in [2.75, 3.05) is 0 Å². The molecule has 0 saturated heterocycles. The summed E-state index contributed by atoms with van der Waals surface area (Å²) in [4.78, 5) is 0. The zero-order valence-corrected chi connectivity index (χ0v) is 11.8. The number of rotatable bonds is 4. The summed E-state index contributed by atoms with van der Waals surface area (Å²) in [6.07, 6.45) is -0.659. The largest absolute Gasteiger partial charge is 0.382 e. The summed E-state index contributed by atoms with van der Waals surface area (Å²) in [5.41, 5.74) is 1.18. The molecule has 20 heavy (non-hydrogen) atoms. The highest BCUT2D eigenvalue weighted by molar-refractivity contribution is 5.33. The highest BCUT2D eigenvalue weighted by atomic mass is 19.1. The molecule has 2 rings (SSSR count). The zero-order valence-electron chi connectivity index (χ0n) is 11.8. The van der Waals surface area contributed by atoms with Gasteiger partial charge >= 0.3 is 0 Å². The predicted octanol–water partition coefficient (Wildman–Crippen LogP) is 3.13. The number of hydrogen-bond acceptors (Lipinski definition) is 2. The molecule has 0 aliphatic heterocycles. The first-order valence-electron chi connectivity index (χ1n) is 6.68. The van der Waals surface area contributed by atoms with E-state index in [9.17, 15) is 13.9 Å². The molecule has 0 radical (unpaired) electrons. The van der Waals surface area contributed by atoms with Gasteiger partial charge in [-0.25, -0.2) is 8.78 Å². The van der Waals surface area contributed by atoms with Crippen molar-refractivity contribution in [1.29, 1.82) is 0 Å². The molecule has 108 valence electrons. The van der Waals surface area contributed by atoms with Crippen LogP contribution in [0.1, 0.15) is 42.5 Å². The van der Waals surface area contributed by atoms with E-state index in [0.717, 1.165) is 5.69 Å². The second-order valence-electron chi connectivity index (χ2n) is 4.72. The monoisotopic (exact) mass is 280 g/mol. The number of nitrogens with zero attached hydrogens (tertiary/aromatic N) is 2. The number of aliphatic hydroxyl groups excluding tert-OH is 1. The summed E-state index contributed by atoms with van der Waals surface area (Å²) in [7, 11) is 0. The predicted molar refractivity (Wildman–Crippen MR) is 72.4 cm³/mol. The summed E-state index contributed by atoms with van der Waals surface area (Å²) in [5, 5.41) is 14.6. The smallest absolute Gasteiger partial charge is 0.135 e. The van der Waals surface area contributed by atoms with Crippen LogP contribution in [0.4, 0.5) is 8.78 Å². The lowest BCUT2D eigenvalue weighted by atomic mass is 10.0. The van der Waals surface area contributed by atoms with Crippen molar-refractivity contribution < 1.29 is 13.9 Å². The molecule has 0 fully saturated rings. The molecule has 0 aliphatic carbocycles. The molecule has 1 atom stereocenters. The molecule has 0 bridgehead atoms. The topological polar surface area (TPSA) is 38.0 Å². The first-order valence-corrected chi connectivity index (χ1v) is 6.68. The maximum Gasteiger partial charge on any atom is 0.135 e. The second-order valence-corrected chi connectivity index (χ2v) is 4.72. The Kier molecular flexibility index (Phi) is 4.18. The lowest BCUT2D eigenvalue weighted by molar-refractivity contribution is 0.197. The van der Waals surface area contributed by atoms with Crippen LogP contribution in [0, 0.1) is 18.6 Å². The van der Waals surface area contributed by atoms with Crippen molar-refractivity contribution in [3.8, 4) is 0 Å². The molecule has 0 spiro atoms. The number of halogens is 2. The third-order valence-electron chi connectivity index (χ3n) is 3.40. The van der Waals surface area contributed by atoms with Crippen molar-refractivity contribution in [3.05, 3.63) is 52.3 Å². The second kappa shape index (κ2) is 5.71. The average Bonchev–Trinajstić information content (AvgIpc) is 2.86. The third kappa shape index (κ3) is 2.45. The van der Waals surface area contributed by atoms with E-state index in [1.807, 2.05) is 13.8 Å². The van der Waals surface area contributed by atoms with Gasteiger partial charge in [-0.15, -0.1) is 0 Å². The molecule has 3 nitrogen and oxygen atoms in total. The molecular formula is C15H18F2N2O. The highest BCUT2D eigenvalue weighted by Crippen LogP contribution is 2.29. The molecule has 5 heteroatoms. The lowest BCUT2D eigenvalue weighted by Crippen LogP contribution is -2.12. The van der Waals surface area contributed by atoms with Crippen molar-refractivity contribution in [2.24, 2.45) is 0 Å². The highest BCUT2D eigenvalue weighted by Gasteiger charge is 2.24. The van der Waals surface area contributed by atoms with E-state index in [0.29, 0.717) is 24.2 Å². The standard InChI is InChI=1S/C15H18F2N2O/c1-4-10-8-12(19(5-2)18-10)15(20)13-11(16)7-6-9(3)14(13)17/h6-8,15,20H,4-5H2,1-3H3. The van der Waals surface area contributed by atoms with Crippen LogP contribution in [0.2, 0.25) is 0 Å². The molecular weight excluding hydrogens is 262 g/mol. The maximum atomic E-state index is 14.1. The fourth-order valence-corrected chi connectivity index (χ4v) is 2.21. The normalized spacial score (nSPS) is 12.7. The van der Waals surface area contributed by atoms with E-state index >= 15 is 0 Å². The van der Waals surface area contributed by atoms with E-state index in [1.165, 1.54) is 12.1 Å². The summed E-state index contributed by atoms with van der Waals surface area (Å²) >= 11 is 0. The molecule has 1 unspecified atom stereocenters. The molecule has 1 heterocycles. The van der Waals surface area contributed by atoms with Gasteiger partial charge in [0.05, 0.1) is 17.0 Å². The minimum atomic E-state index is -1.36. The Balaban J connectivity index is 2.54. The van der Waals surface area contributed by atoms with Crippen LogP contribution in [0.3, 0.4) is 0 Å². The van der Waals surface area contributed by atoms with Gasteiger partial charge in [-0.2, -0.15) is 5.10 Å². The minimum Gasteiger partial charge on any atom is -0.382 e. The number of aliphatic hydroxyl groups is 1. The molecule has 1 aromatic heterocycles. The van der Waals surface area contributed by atoms with Gasteiger partial charge in [-0.3, -0.25) is 4.68 Å². The van der Waals surface area contributed by atoms with Crippen LogP contribution < -0.4 is 0 Å². The van der Waals surface area contributed by atoms with E-state index < -0.39 is 17.7 Å². The summed E-state index contributed by atoms with van der Waals surface area (Å²) in [6.45, 7) is 5.87. The van der Waals surface area contributed by atoms with Crippen LogP contribution >= 0.6 is 0 Å². The molecule has 0 aliphatic rings. The van der Waals surface area contributed by atoms with Crippen molar-refractivity contribution in [1.82, 2.24) is 9.78 Å². The minimum absolute atomic E-state index is 0.304. The number of hydrogen-bond donors (Lipinski definition) is 1. The Morgan fingerprint density at radius 3 is 2.60 bits per heavy atom. The summed E-state index contributed by atoms with van der Waals surface area (Å²) in [6, 6.07) is 4.22. The Hall–Kier alpha value is -1.75. The quantitative estimate of drug-likeness (QED) is 0.934. The van der Waals surface area contributed by atoms with Gasteiger partial charge in [0.2, 0.25) is 0 Å². The number of aromatic nitrogens is 2. The first kappa shape index (κ1) is 14.7. The fourth-order valence-electron chi connectivity index (χ4n) is 2.21. The van der Waals surface area contributed by atoms with E-state index in [4.69, 9.17) is 0 Å². The SMILES string of the molecule is CCc1cc(C(O)c2c(F)ccc(C)c2F)n(CC)n1. The Labute approximate surface area is 116 Å². The van der Waals surface area contributed by atoms with E-state index in [-0.39, 0.29) is 5.56 Å². The van der Waals surface area contributed by atoms with Crippen LogP contribution in [-0.2, 0) is 13.0 Å². The number of benzene rings is 1. The van der Waals surface area contributed by atoms with Crippen molar-refractivity contribution in [3.63, 3.8) is 0 Å². The average molecular weight is 280 g/mol. The van der Waals surface area contributed by atoms with Gasteiger partial charge in [0.1, 0.15) is 17.7 Å². The lowest BCUT2D eigenvalue weighted by Gasteiger charge is -2.15. The molecule has 0 amide bonds. The molecule has 0 saturated carbocycles. The van der Waals surface area contributed by atoms with Gasteiger partial charge < -0.3 is 5.11 Å². The van der Waals surface area contributed by atoms with Crippen LogP contribution in [-0.4, -0.2) is 14.9 Å². The fraction of sp³-hybridized carbons (Fsp3) is 0.400. The zero-order chi connectivity index (χ0) is 14.9. The van der Waals surface area contributed by atoms with Crippen LogP contribution in [0.15, 0.2) is 18.2 Å². The van der Waals surface area contributed by atoms with Gasteiger partial charge in [0.25, 0.3) is 0 Å². The van der Waals surface area contributed by atoms with Crippen molar-refractivity contribution in [2.45, 2.75) is 39.8 Å². The van der Waals surface area contributed by atoms with Crippen LogP contribution in [0.25, 0.3) is 0 Å². The first-order chi connectivity index (χ1) is 9.49. The van der Waals surface area contributed by atoms with Gasteiger partial charge in [-0.05, 0) is 38.0 Å². The third-order valence-corrected chi connectivity index (χ3v) is 3.40. The number of aryl methyl sites for hydroxylation is 3. The molecule has 2 aromatic rings. The summed E-state index contributed by atoms with van der Waals surface area (Å²) in [5.74, 6) is -1.46. The molecule has 1 aromatic carbocycles.